The fourth-order valence-corrected chi connectivity index (χ4v) is 10.1. The van der Waals surface area contributed by atoms with Crippen LogP contribution in [-0.4, -0.2) is 61.7 Å². The van der Waals surface area contributed by atoms with E-state index in [2.05, 4.69) is 26.6 Å². The number of amides is 3. The van der Waals surface area contributed by atoms with Crippen molar-refractivity contribution in [1.29, 1.82) is 0 Å². The highest BCUT2D eigenvalue weighted by Crippen LogP contribution is 2.67. The number of hydrogen-bond acceptors (Lipinski definition) is 5. The van der Waals surface area contributed by atoms with Crippen molar-refractivity contribution in [3.05, 3.63) is 65.2 Å². The summed E-state index contributed by atoms with van der Waals surface area (Å²) in [6.07, 6.45) is 3.80. The minimum Gasteiger partial charge on any atom is -0.396 e. The number of unbranched alkanes of at least 4 members (excludes halogenated alkanes) is 3. The Morgan fingerprint density at radius 1 is 1.05 bits per heavy atom. The summed E-state index contributed by atoms with van der Waals surface area (Å²) in [5, 5.41) is 15.7. The van der Waals surface area contributed by atoms with Crippen LogP contribution in [-0.2, 0) is 20.9 Å². The van der Waals surface area contributed by atoms with Crippen LogP contribution >= 0.6 is 39.3 Å². The van der Waals surface area contributed by atoms with Gasteiger partial charge in [-0.3, -0.25) is 14.4 Å². The molecule has 3 saturated heterocycles. The fraction of sp³-hybridized carbons (Fsp3) is 0.483. The van der Waals surface area contributed by atoms with Gasteiger partial charge in [-0.2, -0.15) is 0 Å². The third-order valence-electron chi connectivity index (χ3n) is 8.07. The largest absolute Gasteiger partial charge is 0.396 e. The van der Waals surface area contributed by atoms with Gasteiger partial charge in [0, 0.05) is 40.5 Å². The summed E-state index contributed by atoms with van der Waals surface area (Å²) < 4.78 is -0.688. The van der Waals surface area contributed by atoms with E-state index in [-0.39, 0.29) is 34.4 Å². The molecular formula is C29H33BrClN3O4S. The molecule has 2 aromatic carbocycles. The Labute approximate surface area is 246 Å². The first kappa shape index (κ1) is 28.5. The van der Waals surface area contributed by atoms with Crippen LogP contribution in [0.25, 0.3) is 0 Å². The summed E-state index contributed by atoms with van der Waals surface area (Å²) in [6, 6.07) is 16.0. The monoisotopic (exact) mass is 633 g/mol. The number of carbonyl (C=O) groups excluding carboxylic acids is 3. The van der Waals surface area contributed by atoms with E-state index >= 15 is 0 Å². The molecule has 3 N–H and O–H groups in total. The Balaban J connectivity index is 1.40. The van der Waals surface area contributed by atoms with E-state index in [0.717, 1.165) is 24.8 Å². The molecule has 5 rings (SSSR count). The highest BCUT2D eigenvalue weighted by Gasteiger charge is 2.75. The number of anilines is 1. The molecule has 0 radical (unpaired) electrons. The molecule has 2 bridgehead atoms. The predicted octanol–water partition coefficient (Wildman–Crippen LogP) is 4.61. The van der Waals surface area contributed by atoms with E-state index in [1.807, 2.05) is 30.3 Å². The maximum absolute atomic E-state index is 14.1. The standard InChI is InChI=1S/C29H33BrClN3O4S/c30-21-16-29-23(22(24(21)39-29)26(36)32-17-18-8-4-3-5-9-18)28(38)34(14-6-1-2-7-15-35)25(29)27(37)33-20-12-10-19(31)11-13-20/h3-5,8-13,21-25,35H,1-2,6-7,14-17H2,(H,32,36)(H,33,37)/t21?,22-,23-,24-,25?,29?/m0/s1. The molecule has 0 aliphatic carbocycles. The summed E-state index contributed by atoms with van der Waals surface area (Å²) in [6.45, 7) is 0.978. The lowest BCUT2D eigenvalue weighted by Crippen LogP contribution is -2.53. The molecule has 10 heteroatoms. The molecule has 39 heavy (non-hydrogen) atoms. The second kappa shape index (κ2) is 12.2. The number of aliphatic hydroxyl groups is 1. The molecule has 0 saturated carbocycles. The van der Waals surface area contributed by atoms with Gasteiger partial charge in [-0.25, -0.2) is 0 Å². The molecule has 2 aromatic rings. The van der Waals surface area contributed by atoms with Crippen LogP contribution < -0.4 is 10.6 Å². The molecule has 3 fully saturated rings. The van der Waals surface area contributed by atoms with Gasteiger partial charge >= 0.3 is 0 Å². The number of alkyl halides is 1. The van der Waals surface area contributed by atoms with Crippen molar-refractivity contribution < 1.29 is 19.5 Å². The molecule has 3 heterocycles. The number of fused-ring (bicyclic) bond motifs is 1. The minimum absolute atomic E-state index is 0.0226. The van der Waals surface area contributed by atoms with Gasteiger partial charge in [-0.05, 0) is 49.1 Å². The Kier molecular flexibility index (Phi) is 8.91. The van der Waals surface area contributed by atoms with Gasteiger partial charge in [0.2, 0.25) is 17.7 Å². The maximum Gasteiger partial charge on any atom is 0.248 e. The zero-order chi connectivity index (χ0) is 27.6. The fourth-order valence-electron chi connectivity index (χ4n) is 6.36. The second-order valence-electron chi connectivity index (χ2n) is 10.5. The lowest BCUT2D eigenvalue weighted by atomic mass is 9.70. The number of hydrogen-bond donors (Lipinski definition) is 3. The smallest absolute Gasteiger partial charge is 0.248 e. The van der Waals surface area contributed by atoms with Gasteiger partial charge in [-0.1, -0.05) is 70.7 Å². The molecule has 3 aliphatic rings. The average molecular weight is 635 g/mol. The topological polar surface area (TPSA) is 98.7 Å². The summed E-state index contributed by atoms with van der Waals surface area (Å²) in [5.74, 6) is -1.56. The molecule has 208 valence electrons. The summed E-state index contributed by atoms with van der Waals surface area (Å²) in [5.41, 5.74) is 1.61. The van der Waals surface area contributed by atoms with Crippen molar-refractivity contribution in [2.24, 2.45) is 11.8 Å². The number of rotatable bonds is 11. The van der Waals surface area contributed by atoms with Crippen molar-refractivity contribution in [2.45, 2.75) is 59.5 Å². The third-order valence-corrected chi connectivity index (χ3v) is 11.5. The predicted molar refractivity (Wildman–Crippen MR) is 158 cm³/mol. The summed E-state index contributed by atoms with van der Waals surface area (Å²) in [4.78, 5) is 43.4. The Morgan fingerprint density at radius 2 is 1.77 bits per heavy atom. The number of carbonyl (C=O) groups is 3. The molecule has 6 atom stereocenters. The lowest BCUT2D eigenvalue weighted by molar-refractivity contribution is -0.139. The molecule has 3 amide bonds. The van der Waals surface area contributed by atoms with E-state index in [1.165, 1.54) is 0 Å². The SMILES string of the molecule is O=C(Nc1ccc(Cl)cc1)C1N(CCCCCCO)C(=O)[C@@H]2[C@H](C(=O)NCc3ccccc3)[C@H]3SC12CC3Br. The van der Waals surface area contributed by atoms with Crippen molar-refractivity contribution in [2.75, 3.05) is 18.5 Å². The maximum atomic E-state index is 14.1. The molecule has 3 unspecified atom stereocenters. The number of benzene rings is 2. The molecule has 0 aromatic heterocycles. The van der Waals surface area contributed by atoms with Crippen molar-refractivity contribution in [3.63, 3.8) is 0 Å². The van der Waals surface area contributed by atoms with Crippen molar-refractivity contribution in [1.82, 2.24) is 10.2 Å². The van der Waals surface area contributed by atoms with Gasteiger partial charge in [0.05, 0.1) is 16.6 Å². The number of halogens is 2. The van der Waals surface area contributed by atoms with Crippen LogP contribution in [0.15, 0.2) is 54.6 Å². The zero-order valence-corrected chi connectivity index (χ0v) is 24.7. The number of thioether (sulfide) groups is 1. The first-order chi connectivity index (χ1) is 18.9. The quantitative estimate of drug-likeness (QED) is 0.248. The normalized spacial score (nSPS) is 28.9. The number of aliphatic hydroxyl groups excluding tert-OH is 1. The van der Waals surface area contributed by atoms with Crippen molar-refractivity contribution in [3.8, 4) is 0 Å². The van der Waals surface area contributed by atoms with Crippen LogP contribution in [0.5, 0.6) is 0 Å². The van der Waals surface area contributed by atoms with Gasteiger partial charge < -0.3 is 20.6 Å². The van der Waals surface area contributed by atoms with E-state index in [1.54, 1.807) is 40.9 Å². The minimum atomic E-state index is -0.689. The van der Waals surface area contributed by atoms with Crippen LogP contribution in [0, 0.1) is 11.8 Å². The highest BCUT2D eigenvalue weighted by atomic mass is 79.9. The van der Waals surface area contributed by atoms with Gasteiger partial charge in [-0.15, -0.1) is 11.8 Å². The Morgan fingerprint density at radius 3 is 2.49 bits per heavy atom. The first-order valence-electron chi connectivity index (χ1n) is 13.5. The number of nitrogens with one attached hydrogen (secondary N) is 2. The molecular weight excluding hydrogens is 602 g/mol. The van der Waals surface area contributed by atoms with Crippen LogP contribution in [0.2, 0.25) is 5.02 Å². The highest BCUT2D eigenvalue weighted by molar-refractivity contribution is 9.09. The number of nitrogens with zero attached hydrogens (tertiary/aromatic N) is 1. The van der Waals surface area contributed by atoms with Crippen LogP contribution in [0.3, 0.4) is 0 Å². The second-order valence-corrected chi connectivity index (χ2v) is 13.7. The van der Waals surface area contributed by atoms with E-state index in [4.69, 9.17) is 16.7 Å². The first-order valence-corrected chi connectivity index (χ1v) is 15.6. The van der Waals surface area contributed by atoms with E-state index < -0.39 is 22.6 Å². The van der Waals surface area contributed by atoms with Gasteiger partial charge in [0.15, 0.2) is 0 Å². The average Bonchev–Trinajstić information content (AvgIpc) is 3.52. The van der Waals surface area contributed by atoms with E-state index in [9.17, 15) is 14.4 Å². The van der Waals surface area contributed by atoms with Gasteiger partial charge in [0.1, 0.15) is 6.04 Å². The lowest BCUT2D eigenvalue weighted by Gasteiger charge is -2.35. The zero-order valence-electron chi connectivity index (χ0n) is 21.5. The molecule has 3 aliphatic heterocycles. The van der Waals surface area contributed by atoms with Crippen LogP contribution in [0.4, 0.5) is 5.69 Å². The number of likely N-dealkylation sites (tertiary alicyclic amines) is 1. The van der Waals surface area contributed by atoms with Crippen molar-refractivity contribution >= 4 is 62.7 Å². The Hall–Kier alpha value is -2.07. The van der Waals surface area contributed by atoms with Gasteiger partial charge in [0.25, 0.3) is 0 Å². The summed E-state index contributed by atoms with van der Waals surface area (Å²) >= 11 is 11.5. The van der Waals surface area contributed by atoms with E-state index in [0.29, 0.717) is 36.6 Å². The Bertz CT molecular complexity index is 1200. The molecule has 1 spiro atoms. The summed E-state index contributed by atoms with van der Waals surface area (Å²) in [7, 11) is 0. The van der Waals surface area contributed by atoms with Crippen LogP contribution in [0.1, 0.15) is 37.7 Å². The molecule has 7 nitrogen and oxygen atoms in total. The third kappa shape index (κ3) is 5.60.